The number of phenols is 1. The highest BCUT2D eigenvalue weighted by Gasteiger charge is 2.30. The van der Waals surface area contributed by atoms with Gasteiger partial charge in [-0.2, -0.15) is 11.8 Å². The van der Waals surface area contributed by atoms with Gasteiger partial charge in [0.15, 0.2) is 5.96 Å². The fourth-order valence-corrected chi connectivity index (χ4v) is 4.58. The maximum Gasteiger partial charge on any atom is 0.326 e. The average Bonchev–Trinajstić information content (AvgIpc) is 2.97. The van der Waals surface area contributed by atoms with Gasteiger partial charge in [-0.3, -0.25) is 19.4 Å². The van der Waals surface area contributed by atoms with Crippen LogP contribution in [0.3, 0.4) is 0 Å². The molecule has 13 nitrogen and oxygen atoms in total. The van der Waals surface area contributed by atoms with E-state index >= 15 is 0 Å². The molecule has 3 amide bonds. The van der Waals surface area contributed by atoms with E-state index in [-0.39, 0.29) is 37.4 Å². The molecule has 2 rings (SSSR count). The van der Waals surface area contributed by atoms with Crippen molar-refractivity contribution in [3.8, 4) is 5.75 Å². The van der Waals surface area contributed by atoms with Gasteiger partial charge in [-0.25, -0.2) is 4.79 Å². The Bertz CT molecular complexity index is 1230. The van der Waals surface area contributed by atoms with Crippen molar-refractivity contribution in [2.24, 2.45) is 22.2 Å². The number of nitrogens with one attached hydrogen (secondary N) is 3. The Labute approximate surface area is 255 Å². The minimum absolute atomic E-state index is 0.0295. The van der Waals surface area contributed by atoms with Crippen molar-refractivity contribution in [3.05, 3.63) is 65.7 Å². The third-order valence-electron chi connectivity index (χ3n) is 6.45. The number of rotatable bonds is 18. The van der Waals surface area contributed by atoms with Crippen molar-refractivity contribution in [2.75, 3.05) is 18.6 Å². The van der Waals surface area contributed by atoms with E-state index in [9.17, 15) is 29.4 Å². The van der Waals surface area contributed by atoms with E-state index in [0.29, 0.717) is 24.3 Å². The standard InChI is InChI=1S/C29H41N7O6S/c1-43-15-13-22(26(39)36-24(28(41)42)17-19-9-11-20(37)12-10-19)34-27(40)23(16-18-6-3-2-4-7-18)35-25(38)21(30)8-5-14-33-29(31)32/h2-4,6-7,9-12,21-24,37H,5,8,13-17,30H2,1H3,(H,34,40)(H,35,38)(H,36,39)(H,41,42)(H4,31,32,33). The number of phenolic OH excluding ortho intramolecular Hbond substituents is 1. The van der Waals surface area contributed by atoms with Crippen molar-refractivity contribution in [1.82, 2.24) is 16.0 Å². The van der Waals surface area contributed by atoms with Crippen LogP contribution in [0, 0.1) is 0 Å². The molecule has 0 bridgehead atoms. The summed E-state index contributed by atoms with van der Waals surface area (Å²) in [6.07, 6.45) is 2.90. The van der Waals surface area contributed by atoms with Crippen LogP contribution < -0.4 is 33.2 Å². The zero-order chi connectivity index (χ0) is 31.8. The fraction of sp³-hybridized carbons (Fsp3) is 0.414. The molecule has 2 aromatic carbocycles. The van der Waals surface area contributed by atoms with Gasteiger partial charge in [-0.15, -0.1) is 0 Å². The number of carbonyl (C=O) groups excluding carboxylic acids is 3. The molecule has 0 aromatic heterocycles. The zero-order valence-corrected chi connectivity index (χ0v) is 24.9. The Balaban J connectivity index is 2.17. The number of guanidine groups is 1. The lowest BCUT2D eigenvalue weighted by Gasteiger charge is -2.25. The number of aliphatic imine (C=N–C) groups is 1. The van der Waals surface area contributed by atoms with Crippen LogP contribution in [-0.2, 0) is 32.0 Å². The van der Waals surface area contributed by atoms with E-state index in [1.165, 1.54) is 23.9 Å². The van der Waals surface area contributed by atoms with Gasteiger partial charge in [0.2, 0.25) is 17.7 Å². The van der Waals surface area contributed by atoms with E-state index in [0.717, 1.165) is 5.56 Å². The number of aromatic hydroxyl groups is 1. The third-order valence-corrected chi connectivity index (χ3v) is 7.10. The zero-order valence-electron chi connectivity index (χ0n) is 24.1. The minimum Gasteiger partial charge on any atom is -0.508 e. The number of amides is 3. The Morgan fingerprint density at radius 1 is 0.814 bits per heavy atom. The molecule has 4 unspecified atom stereocenters. The van der Waals surface area contributed by atoms with E-state index in [2.05, 4.69) is 20.9 Å². The lowest BCUT2D eigenvalue weighted by Crippen LogP contribution is -2.58. The quantitative estimate of drug-likeness (QED) is 0.0627. The first kappa shape index (κ1) is 34.9. The van der Waals surface area contributed by atoms with Crippen molar-refractivity contribution >= 4 is 41.4 Å². The summed E-state index contributed by atoms with van der Waals surface area (Å²) in [5.41, 5.74) is 18.1. The van der Waals surface area contributed by atoms with E-state index in [1.807, 2.05) is 12.3 Å². The van der Waals surface area contributed by atoms with Gasteiger partial charge in [-0.1, -0.05) is 42.5 Å². The number of carboxylic acids is 1. The van der Waals surface area contributed by atoms with Gasteiger partial charge in [0, 0.05) is 19.4 Å². The summed E-state index contributed by atoms with van der Waals surface area (Å²) in [5, 5.41) is 27.2. The number of hydrogen-bond acceptors (Lipinski definition) is 8. The fourth-order valence-electron chi connectivity index (χ4n) is 4.11. The predicted molar refractivity (Wildman–Crippen MR) is 166 cm³/mol. The Hall–Kier alpha value is -4.30. The number of carbonyl (C=O) groups is 4. The third kappa shape index (κ3) is 13.0. The molecule has 43 heavy (non-hydrogen) atoms. The number of nitrogens with two attached hydrogens (primary N) is 3. The summed E-state index contributed by atoms with van der Waals surface area (Å²) in [6.45, 7) is 0.299. The van der Waals surface area contributed by atoms with Gasteiger partial charge in [0.25, 0.3) is 0 Å². The summed E-state index contributed by atoms with van der Waals surface area (Å²) in [7, 11) is 0. The summed E-state index contributed by atoms with van der Waals surface area (Å²) in [6, 6.07) is 10.7. The van der Waals surface area contributed by atoms with Gasteiger partial charge >= 0.3 is 5.97 Å². The van der Waals surface area contributed by atoms with Crippen LogP contribution in [0.15, 0.2) is 59.6 Å². The molecule has 14 heteroatoms. The predicted octanol–water partition coefficient (Wildman–Crippen LogP) is -0.150. The molecule has 0 heterocycles. The lowest BCUT2D eigenvalue weighted by atomic mass is 10.0. The van der Waals surface area contributed by atoms with Crippen LogP contribution in [0.2, 0.25) is 0 Å². The molecule has 4 atom stereocenters. The molecular weight excluding hydrogens is 574 g/mol. The molecule has 234 valence electrons. The van der Waals surface area contributed by atoms with Gasteiger partial charge in [-0.05, 0) is 54.5 Å². The number of nitrogens with zero attached hydrogens (tertiary/aromatic N) is 1. The van der Waals surface area contributed by atoms with Gasteiger partial charge < -0.3 is 43.4 Å². The maximum atomic E-state index is 13.5. The lowest BCUT2D eigenvalue weighted by molar-refractivity contribution is -0.142. The number of thioether (sulfide) groups is 1. The molecule has 0 aliphatic heterocycles. The second kappa shape index (κ2) is 18.3. The molecule has 0 aliphatic rings. The summed E-state index contributed by atoms with van der Waals surface area (Å²) >= 11 is 1.46. The highest BCUT2D eigenvalue weighted by molar-refractivity contribution is 7.98. The van der Waals surface area contributed by atoms with E-state index < -0.39 is 47.9 Å². The SMILES string of the molecule is CSCCC(NC(=O)C(Cc1ccccc1)NC(=O)C(N)CCCN=C(N)N)C(=O)NC(Cc1ccc(O)cc1)C(=O)O. The van der Waals surface area contributed by atoms with E-state index in [1.54, 1.807) is 36.4 Å². The second-order valence-corrected chi connectivity index (χ2v) is 10.9. The maximum absolute atomic E-state index is 13.5. The smallest absolute Gasteiger partial charge is 0.326 e. The summed E-state index contributed by atoms with van der Waals surface area (Å²) in [5.74, 6) is -2.61. The van der Waals surface area contributed by atoms with E-state index in [4.69, 9.17) is 17.2 Å². The summed E-state index contributed by atoms with van der Waals surface area (Å²) in [4.78, 5) is 55.5. The van der Waals surface area contributed by atoms with Crippen LogP contribution in [-0.4, -0.2) is 82.6 Å². The van der Waals surface area contributed by atoms with Crippen LogP contribution in [0.1, 0.15) is 30.4 Å². The monoisotopic (exact) mass is 615 g/mol. The first-order chi connectivity index (χ1) is 20.5. The number of benzene rings is 2. The second-order valence-electron chi connectivity index (χ2n) is 9.92. The average molecular weight is 616 g/mol. The minimum atomic E-state index is -1.28. The number of hydrogen-bond donors (Lipinski definition) is 8. The number of carboxylic acid groups (broad SMARTS) is 1. The molecule has 0 saturated carbocycles. The molecule has 11 N–H and O–H groups in total. The van der Waals surface area contributed by atoms with Crippen molar-refractivity contribution in [2.45, 2.75) is 56.3 Å². The molecule has 0 radical (unpaired) electrons. The normalized spacial score (nSPS) is 13.5. The van der Waals surface area contributed by atoms with Gasteiger partial charge in [0.05, 0.1) is 6.04 Å². The van der Waals surface area contributed by atoms with Crippen LogP contribution >= 0.6 is 11.8 Å². The molecule has 0 saturated heterocycles. The molecule has 2 aromatic rings. The summed E-state index contributed by atoms with van der Waals surface area (Å²) < 4.78 is 0. The highest BCUT2D eigenvalue weighted by atomic mass is 32.2. The molecule has 0 spiro atoms. The first-order valence-electron chi connectivity index (χ1n) is 13.8. The van der Waals surface area contributed by atoms with Crippen LogP contribution in [0.25, 0.3) is 0 Å². The molecule has 0 fully saturated rings. The Morgan fingerprint density at radius 2 is 1.37 bits per heavy atom. The highest BCUT2D eigenvalue weighted by Crippen LogP contribution is 2.12. The molecular formula is C29H41N7O6S. The number of aliphatic carboxylic acids is 1. The van der Waals surface area contributed by atoms with Crippen LogP contribution in [0.4, 0.5) is 0 Å². The Kier molecular flexibility index (Phi) is 14.8. The van der Waals surface area contributed by atoms with Crippen LogP contribution in [0.5, 0.6) is 5.75 Å². The Morgan fingerprint density at radius 3 is 1.98 bits per heavy atom. The largest absolute Gasteiger partial charge is 0.508 e. The first-order valence-corrected chi connectivity index (χ1v) is 15.1. The topological polar surface area (TPSA) is 235 Å². The molecule has 0 aliphatic carbocycles. The van der Waals surface area contributed by atoms with Crippen molar-refractivity contribution in [3.63, 3.8) is 0 Å². The van der Waals surface area contributed by atoms with Crippen molar-refractivity contribution < 1.29 is 29.4 Å². The van der Waals surface area contributed by atoms with Crippen molar-refractivity contribution in [1.29, 1.82) is 0 Å². The van der Waals surface area contributed by atoms with Gasteiger partial charge in [0.1, 0.15) is 23.9 Å².